The fraction of sp³-hybridized carbons (Fsp3) is 0.100. The third-order valence-electron chi connectivity index (χ3n) is 2.14. The molecule has 2 rings (SSSR count). The SMILES string of the molecule is Cc1nn(-c2ccccc2)c(N)c1N.Cl. The molecule has 0 aliphatic heterocycles. The molecule has 0 spiro atoms. The van der Waals surface area contributed by atoms with Crippen LogP contribution in [-0.4, -0.2) is 9.78 Å². The number of nitrogens with zero attached hydrogens (tertiary/aromatic N) is 2. The average molecular weight is 225 g/mol. The van der Waals surface area contributed by atoms with Gasteiger partial charge in [-0.1, -0.05) is 18.2 Å². The molecule has 1 aromatic carbocycles. The van der Waals surface area contributed by atoms with E-state index in [-0.39, 0.29) is 12.4 Å². The van der Waals surface area contributed by atoms with Crippen molar-refractivity contribution in [2.24, 2.45) is 0 Å². The molecule has 0 atom stereocenters. The van der Waals surface area contributed by atoms with Gasteiger partial charge in [0.15, 0.2) is 5.82 Å². The minimum absolute atomic E-state index is 0. The molecular weight excluding hydrogens is 212 g/mol. The standard InChI is InChI=1S/C10H12N4.ClH/c1-7-9(11)10(12)14(13-7)8-5-3-2-4-6-8;/h2-6H,11-12H2,1H3;1H. The Morgan fingerprint density at radius 3 is 2.20 bits per heavy atom. The lowest BCUT2D eigenvalue weighted by Gasteiger charge is -2.02. The largest absolute Gasteiger partial charge is 0.394 e. The number of benzene rings is 1. The van der Waals surface area contributed by atoms with E-state index in [2.05, 4.69) is 5.10 Å². The van der Waals surface area contributed by atoms with E-state index in [9.17, 15) is 0 Å². The third-order valence-corrected chi connectivity index (χ3v) is 2.14. The van der Waals surface area contributed by atoms with Crippen LogP contribution in [-0.2, 0) is 0 Å². The van der Waals surface area contributed by atoms with Crippen LogP contribution in [0.4, 0.5) is 11.5 Å². The second kappa shape index (κ2) is 4.23. The molecule has 0 unspecified atom stereocenters. The van der Waals surface area contributed by atoms with Gasteiger partial charge in [-0.15, -0.1) is 12.4 Å². The molecule has 0 bridgehead atoms. The Morgan fingerprint density at radius 2 is 1.73 bits per heavy atom. The van der Waals surface area contributed by atoms with Crippen molar-refractivity contribution in [3.05, 3.63) is 36.0 Å². The van der Waals surface area contributed by atoms with E-state index in [4.69, 9.17) is 11.5 Å². The molecule has 0 aliphatic rings. The first-order valence-corrected chi connectivity index (χ1v) is 4.36. The Hall–Kier alpha value is -1.68. The maximum atomic E-state index is 5.81. The van der Waals surface area contributed by atoms with Crippen LogP contribution < -0.4 is 11.5 Å². The van der Waals surface area contributed by atoms with E-state index in [1.165, 1.54) is 0 Å². The number of halogens is 1. The summed E-state index contributed by atoms with van der Waals surface area (Å²) in [6, 6.07) is 9.67. The van der Waals surface area contributed by atoms with Gasteiger partial charge in [-0.25, -0.2) is 4.68 Å². The van der Waals surface area contributed by atoms with Crippen LogP contribution in [0.15, 0.2) is 30.3 Å². The van der Waals surface area contributed by atoms with E-state index >= 15 is 0 Å². The molecule has 4 nitrogen and oxygen atoms in total. The number of aryl methyl sites for hydroxylation is 1. The average Bonchev–Trinajstić information content (AvgIpc) is 2.47. The molecule has 0 saturated carbocycles. The summed E-state index contributed by atoms with van der Waals surface area (Å²) >= 11 is 0. The first-order valence-electron chi connectivity index (χ1n) is 4.36. The normalized spacial score (nSPS) is 9.67. The number of para-hydroxylation sites is 1. The van der Waals surface area contributed by atoms with Gasteiger partial charge in [0.05, 0.1) is 17.1 Å². The molecule has 0 radical (unpaired) electrons. The van der Waals surface area contributed by atoms with Crippen molar-refractivity contribution >= 4 is 23.9 Å². The highest BCUT2D eigenvalue weighted by atomic mass is 35.5. The first-order chi connectivity index (χ1) is 6.70. The predicted octanol–water partition coefficient (Wildman–Crippen LogP) is 1.77. The second-order valence-electron chi connectivity index (χ2n) is 3.13. The summed E-state index contributed by atoms with van der Waals surface area (Å²) in [4.78, 5) is 0. The van der Waals surface area contributed by atoms with Gasteiger partial charge < -0.3 is 11.5 Å². The maximum absolute atomic E-state index is 5.81. The van der Waals surface area contributed by atoms with Gasteiger partial charge in [-0.05, 0) is 19.1 Å². The second-order valence-corrected chi connectivity index (χ2v) is 3.13. The van der Waals surface area contributed by atoms with E-state index in [1.54, 1.807) is 4.68 Å². The molecule has 15 heavy (non-hydrogen) atoms. The fourth-order valence-corrected chi connectivity index (χ4v) is 1.32. The summed E-state index contributed by atoms with van der Waals surface area (Å²) in [5, 5.41) is 4.25. The molecule has 0 aliphatic carbocycles. The van der Waals surface area contributed by atoms with Crippen LogP contribution in [0.2, 0.25) is 0 Å². The molecule has 80 valence electrons. The number of nitrogens with two attached hydrogens (primary N) is 2. The summed E-state index contributed by atoms with van der Waals surface area (Å²) in [5.41, 5.74) is 13.8. The molecule has 5 heteroatoms. The minimum Gasteiger partial charge on any atom is -0.394 e. The van der Waals surface area contributed by atoms with E-state index in [1.807, 2.05) is 37.3 Å². The lowest BCUT2D eigenvalue weighted by Crippen LogP contribution is -2.02. The van der Waals surface area contributed by atoms with Crippen LogP contribution in [0.1, 0.15) is 5.69 Å². The van der Waals surface area contributed by atoms with Crippen molar-refractivity contribution in [3.8, 4) is 5.69 Å². The Kier molecular flexibility index (Phi) is 3.21. The first kappa shape index (κ1) is 11.4. The van der Waals surface area contributed by atoms with Crippen molar-refractivity contribution < 1.29 is 0 Å². The zero-order chi connectivity index (χ0) is 10.1. The van der Waals surface area contributed by atoms with Crippen molar-refractivity contribution in [1.82, 2.24) is 9.78 Å². The number of rotatable bonds is 1. The smallest absolute Gasteiger partial charge is 0.150 e. The van der Waals surface area contributed by atoms with Crippen LogP contribution in [0, 0.1) is 6.92 Å². The van der Waals surface area contributed by atoms with E-state index < -0.39 is 0 Å². The Bertz CT molecular complexity index is 450. The predicted molar refractivity (Wildman–Crippen MR) is 64.4 cm³/mol. The van der Waals surface area contributed by atoms with Gasteiger partial charge in [0.25, 0.3) is 0 Å². The number of nitrogen functional groups attached to an aromatic ring is 2. The van der Waals surface area contributed by atoms with Crippen molar-refractivity contribution in [2.45, 2.75) is 6.92 Å². The Labute approximate surface area is 94.3 Å². The van der Waals surface area contributed by atoms with Gasteiger partial charge in [0.2, 0.25) is 0 Å². The monoisotopic (exact) mass is 224 g/mol. The molecule has 0 saturated heterocycles. The summed E-state index contributed by atoms with van der Waals surface area (Å²) in [6.07, 6.45) is 0. The summed E-state index contributed by atoms with van der Waals surface area (Å²) < 4.78 is 1.64. The van der Waals surface area contributed by atoms with Crippen LogP contribution in [0.3, 0.4) is 0 Å². The lowest BCUT2D eigenvalue weighted by atomic mass is 10.3. The number of aromatic nitrogens is 2. The topological polar surface area (TPSA) is 69.9 Å². The van der Waals surface area contributed by atoms with Gasteiger partial charge in [-0.2, -0.15) is 5.10 Å². The van der Waals surface area contributed by atoms with E-state index in [0.717, 1.165) is 11.4 Å². The third kappa shape index (κ3) is 1.89. The number of hydrogen-bond donors (Lipinski definition) is 2. The molecule has 1 aromatic heterocycles. The summed E-state index contributed by atoms with van der Waals surface area (Å²) in [7, 11) is 0. The molecule has 4 N–H and O–H groups in total. The van der Waals surface area contributed by atoms with Crippen molar-refractivity contribution in [1.29, 1.82) is 0 Å². The number of anilines is 2. The molecule has 0 fully saturated rings. The van der Waals surface area contributed by atoms with Gasteiger partial charge in [0.1, 0.15) is 0 Å². The van der Waals surface area contributed by atoms with Gasteiger partial charge in [-0.3, -0.25) is 0 Å². The van der Waals surface area contributed by atoms with Crippen LogP contribution in [0.25, 0.3) is 5.69 Å². The van der Waals surface area contributed by atoms with Crippen molar-refractivity contribution in [3.63, 3.8) is 0 Å². The molecule has 1 heterocycles. The zero-order valence-corrected chi connectivity index (χ0v) is 9.16. The summed E-state index contributed by atoms with van der Waals surface area (Å²) in [5.74, 6) is 0.494. The minimum atomic E-state index is 0. The van der Waals surface area contributed by atoms with E-state index in [0.29, 0.717) is 11.5 Å². The molecule has 2 aromatic rings. The van der Waals surface area contributed by atoms with Gasteiger partial charge >= 0.3 is 0 Å². The highest BCUT2D eigenvalue weighted by Gasteiger charge is 2.09. The Balaban J connectivity index is 0.00000112. The summed E-state index contributed by atoms with van der Waals surface area (Å²) in [6.45, 7) is 1.84. The maximum Gasteiger partial charge on any atom is 0.150 e. The van der Waals surface area contributed by atoms with Gasteiger partial charge in [0, 0.05) is 0 Å². The van der Waals surface area contributed by atoms with Crippen LogP contribution in [0.5, 0.6) is 0 Å². The fourth-order valence-electron chi connectivity index (χ4n) is 1.32. The number of hydrogen-bond acceptors (Lipinski definition) is 3. The zero-order valence-electron chi connectivity index (χ0n) is 8.34. The van der Waals surface area contributed by atoms with Crippen molar-refractivity contribution in [2.75, 3.05) is 11.5 Å². The molecular formula is C10H13ClN4. The Morgan fingerprint density at radius 1 is 1.13 bits per heavy atom. The highest BCUT2D eigenvalue weighted by Crippen LogP contribution is 2.21. The van der Waals surface area contributed by atoms with Crippen LogP contribution >= 0.6 is 12.4 Å². The highest BCUT2D eigenvalue weighted by molar-refractivity contribution is 5.85. The quantitative estimate of drug-likeness (QED) is 0.776. The molecule has 0 amide bonds. The lowest BCUT2D eigenvalue weighted by molar-refractivity contribution is 0.872.